The van der Waals surface area contributed by atoms with Crippen LogP contribution < -0.4 is 5.32 Å². The van der Waals surface area contributed by atoms with Crippen LogP contribution in [0.4, 0.5) is 0 Å². The van der Waals surface area contributed by atoms with E-state index in [-0.39, 0.29) is 11.8 Å². The highest BCUT2D eigenvalue weighted by Crippen LogP contribution is 2.35. The van der Waals surface area contributed by atoms with Gasteiger partial charge in [0.05, 0.1) is 6.04 Å². The molecular formula is C22H24N2O. The Bertz CT molecular complexity index is 874. The lowest BCUT2D eigenvalue weighted by Crippen LogP contribution is -2.39. The van der Waals surface area contributed by atoms with Crippen molar-refractivity contribution >= 4 is 16.7 Å². The van der Waals surface area contributed by atoms with E-state index in [1.54, 1.807) is 0 Å². The van der Waals surface area contributed by atoms with Gasteiger partial charge in [0.15, 0.2) is 5.78 Å². The Kier molecular flexibility index (Phi) is 4.41. The second kappa shape index (κ2) is 6.85. The van der Waals surface area contributed by atoms with E-state index in [0.717, 1.165) is 42.3 Å². The van der Waals surface area contributed by atoms with E-state index in [4.69, 9.17) is 0 Å². The highest BCUT2D eigenvalue weighted by atomic mass is 16.1. The number of Topliss-reactive ketones (excluding diaryl/α,β-unsaturated/α-hetero) is 1. The van der Waals surface area contributed by atoms with E-state index in [9.17, 15) is 4.79 Å². The number of para-hydroxylation sites is 1. The molecule has 1 fully saturated rings. The predicted octanol–water partition coefficient (Wildman–Crippen LogP) is 4.27. The Morgan fingerprint density at radius 3 is 2.68 bits per heavy atom. The van der Waals surface area contributed by atoms with E-state index in [2.05, 4.69) is 41.5 Å². The summed E-state index contributed by atoms with van der Waals surface area (Å²) in [5, 5.41) is 4.56. The number of fused-ring (bicyclic) bond motifs is 1. The average molecular weight is 332 g/mol. The summed E-state index contributed by atoms with van der Waals surface area (Å²) >= 11 is 0. The number of carbonyl (C=O) groups is 1. The number of ketones is 1. The fourth-order valence-corrected chi connectivity index (χ4v) is 3.47. The maximum Gasteiger partial charge on any atom is 0.182 e. The average Bonchev–Trinajstić information content (AvgIpc) is 3.38. The normalized spacial score (nSPS) is 15.4. The van der Waals surface area contributed by atoms with Crippen LogP contribution >= 0.6 is 0 Å². The molecule has 0 amide bonds. The molecule has 128 valence electrons. The highest BCUT2D eigenvalue weighted by molar-refractivity contribution is 6.10. The molecule has 0 spiro atoms. The Morgan fingerprint density at radius 1 is 1.16 bits per heavy atom. The van der Waals surface area contributed by atoms with Gasteiger partial charge in [0.2, 0.25) is 0 Å². The summed E-state index contributed by atoms with van der Waals surface area (Å²) in [5.74, 6) is 0.711. The molecule has 1 aliphatic rings. The number of aromatic nitrogens is 1. The lowest BCUT2D eigenvalue weighted by molar-refractivity contribution is 0.0933. The number of H-pyrrole nitrogens is 1. The van der Waals surface area contributed by atoms with Crippen LogP contribution in [0.5, 0.6) is 0 Å². The smallest absolute Gasteiger partial charge is 0.182 e. The molecule has 0 bridgehead atoms. The minimum absolute atomic E-state index is 0.0651. The number of aromatic amines is 1. The number of carbonyl (C=O) groups excluding carboxylic acids is 1. The molecule has 0 unspecified atom stereocenters. The molecule has 2 aromatic carbocycles. The van der Waals surface area contributed by atoms with Gasteiger partial charge in [-0.3, -0.25) is 4.79 Å². The van der Waals surface area contributed by atoms with Crippen LogP contribution in [0, 0.1) is 12.8 Å². The molecule has 1 heterocycles. The fourth-order valence-electron chi connectivity index (χ4n) is 3.47. The summed E-state index contributed by atoms with van der Waals surface area (Å²) < 4.78 is 0. The summed E-state index contributed by atoms with van der Waals surface area (Å²) in [6.45, 7) is 2.93. The zero-order chi connectivity index (χ0) is 17.2. The van der Waals surface area contributed by atoms with Crippen molar-refractivity contribution < 1.29 is 4.79 Å². The van der Waals surface area contributed by atoms with Crippen LogP contribution in [0.3, 0.4) is 0 Å². The SMILES string of the molecule is Cc1ccc(CCN[C@H](C(=O)c2c[nH]c3ccccc23)C2CC2)cc1. The third-order valence-electron chi connectivity index (χ3n) is 5.13. The second-order valence-corrected chi connectivity index (χ2v) is 7.12. The van der Waals surface area contributed by atoms with Gasteiger partial charge in [-0.05, 0) is 50.3 Å². The van der Waals surface area contributed by atoms with Crippen molar-refractivity contribution in [1.29, 1.82) is 0 Å². The number of hydrogen-bond acceptors (Lipinski definition) is 2. The minimum atomic E-state index is -0.0651. The Morgan fingerprint density at radius 2 is 1.92 bits per heavy atom. The zero-order valence-corrected chi connectivity index (χ0v) is 14.6. The van der Waals surface area contributed by atoms with Gasteiger partial charge in [-0.1, -0.05) is 48.0 Å². The van der Waals surface area contributed by atoms with Gasteiger partial charge in [0.1, 0.15) is 0 Å². The Hall–Kier alpha value is -2.39. The van der Waals surface area contributed by atoms with E-state index in [1.165, 1.54) is 11.1 Å². The maximum atomic E-state index is 13.1. The van der Waals surface area contributed by atoms with E-state index >= 15 is 0 Å². The number of nitrogens with one attached hydrogen (secondary N) is 2. The fraction of sp³-hybridized carbons (Fsp3) is 0.318. The molecule has 1 aromatic heterocycles. The monoisotopic (exact) mass is 332 g/mol. The number of rotatable bonds is 7. The molecule has 4 rings (SSSR count). The molecule has 0 radical (unpaired) electrons. The standard InChI is InChI=1S/C22H24N2O/c1-15-6-8-16(9-7-15)12-13-23-21(17-10-11-17)22(25)19-14-24-20-5-3-2-4-18(19)20/h2-9,14,17,21,23-24H,10-13H2,1H3/t21-/m0/s1. The minimum Gasteiger partial charge on any atom is -0.360 e. The molecule has 2 N–H and O–H groups in total. The lowest BCUT2D eigenvalue weighted by atomic mass is 9.99. The third-order valence-corrected chi connectivity index (χ3v) is 5.13. The molecule has 3 nitrogen and oxygen atoms in total. The van der Waals surface area contributed by atoms with Gasteiger partial charge in [0.25, 0.3) is 0 Å². The summed E-state index contributed by atoms with van der Waals surface area (Å²) in [6.07, 6.45) is 5.11. The third kappa shape index (κ3) is 3.52. The molecule has 0 saturated heterocycles. The van der Waals surface area contributed by atoms with Crippen molar-refractivity contribution in [2.75, 3.05) is 6.54 Å². The molecule has 25 heavy (non-hydrogen) atoms. The van der Waals surface area contributed by atoms with Gasteiger partial charge in [-0.2, -0.15) is 0 Å². The topological polar surface area (TPSA) is 44.9 Å². The quantitative estimate of drug-likeness (QED) is 0.635. The maximum absolute atomic E-state index is 13.1. The first-order valence-electron chi connectivity index (χ1n) is 9.11. The van der Waals surface area contributed by atoms with E-state index in [0.29, 0.717) is 5.92 Å². The van der Waals surface area contributed by atoms with Crippen molar-refractivity contribution in [3.63, 3.8) is 0 Å². The lowest BCUT2D eigenvalue weighted by Gasteiger charge is -2.17. The molecule has 1 aliphatic carbocycles. The van der Waals surface area contributed by atoms with E-state index < -0.39 is 0 Å². The van der Waals surface area contributed by atoms with Crippen molar-refractivity contribution in [2.45, 2.75) is 32.2 Å². The predicted molar refractivity (Wildman–Crippen MR) is 102 cm³/mol. The molecule has 1 atom stereocenters. The highest BCUT2D eigenvalue weighted by Gasteiger charge is 2.36. The second-order valence-electron chi connectivity index (χ2n) is 7.12. The number of hydrogen-bond donors (Lipinski definition) is 2. The Labute approximate surface area is 148 Å². The molecule has 3 aromatic rings. The summed E-state index contributed by atoms with van der Waals surface area (Å²) in [5.41, 5.74) is 4.43. The molecular weight excluding hydrogens is 308 g/mol. The van der Waals surface area contributed by atoms with Crippen LogP contribution in [0.15, 0.2) is 54.7 Å². The van der Waals surface area contributed by atoms with Crippen molar-refractivity contribution in [3.05, 3.63) is 71.4 Å². The summed E-state index contributed by atoms with van der Waals surface area (Å²) in [6, 6.07) is 16.6. The first kappa shape index (κ1) is 16.1. The zero-order valence-electron chi connectivity index (χ0n) is 14.6. The van der Waals surface area contributed by atoms with E-state index in [1.807, 2.05) is 30.5 Å². The first-order valence-corrected chi connectivity index (χ1v) is 9.11. The molecule has 3 heteroatoms. The number of aryl methyl sites for hydroxylation is 1. The van der Waals surface area contributed by atoms with Crippen LogP contribution in [-0.4, -0.2) is 23.4 Å². The van der Waals surface area contributed by atoms with Crippen LogP contribution in [-0.2, 0) is 6.42 Å². The summed E-state index contributed by atoms with van der Waals surface area (Å²) in [7, 11) is 0. The van der Waals surface area contributed by atoms with Gasteiger partial charge in [-0.25, -0.2) is 0 Å². The molecule has 0 aliphatic heterocycles. The van der Waals surface area contributed by atoms with Gasteiger partial charge in [-0.15, -0.1) is 0 Å². The number of benzene rings is 2. The van der Waals surface area contributed by atoms with Gasteiger partial charge in [0, 0.05) is 22.7 Å². The van der Waals surface area contributed by atoms with Crippen molar-refractivity contribution in [2.24, 2.45) is 5.92 Å². The van der Waals surface area contributed by atoms with Crippen molar-refractivity contribution in [1.82, 2.24) is 10.3 Å². The van der Waals surface area contributed by atoms with Crippen molar-refractivity contribution in [3.8, 4) is 0 Å². The summed E-state index contributed by atoms with van der Waals surface area (Å²) in [4.78, 5) is 16.3. The van der Waals surface area contributed by atoms with Crippen LogP contribution in [0.25, 0.3) is 10.9 Å². The van der Waals surface area contributed by atoms with Crippen LogP contribution in [0.2, 0.25) is 0 Å². The van der Waals surface area contributed by atoms with Crippen LogP contribution in [0.1, 0.15) is 34.3 Å². The Balaban J connectivity index is 1.45. The molecule has 1 saturated carbocycles. The first-order chi connectivity index (χ1) is 12.2. The largest absolute Gasteiger partial charge is 0.360 e. The van der Waals surface area contributed by atoms with Gasteiger partial charge >= 0.3 is 0 Å². The van der Waals surface area contributed by atoms with Gasteiger partial charge < -0.3 is 10.3 Å².